The fourth-order valence-corrected chi connectivity index (χ4v) is 3.78. The molecule has 1 aliphatic rings. The van der Waals surface area contributed by atoms with Gasteiger partial charge in [0.15, 0.2) is 4.32 Å². The molecule has 1 heterocycles. The molecule has 0 spiro atoms. The number of aryl methyl sites for hydroxylation is 1. The second-order valence-corrected chi connectivity index (χ2v) is 7.14. The van der Waals surface area contributed by atoms with Crippen LogP contribution in [0.5, 0.6) is 0 Å². The molecule has 116 valence electrons. The Bertz CT molecular complexity index is 799. The Morgan fingerprint density at radius 3 is 2.52 bits per heavy atom. The van der Waals surface area contributed by atoms with Crippen LogP contribution in [0, 0.1) is 0 Å². The first-order chi connectivity index (χ1) is 11.1. The zero-order chi connectivity index (χ0) is 16.4. The number of thiocarbonyl (C=S) groups is 1. The second-order valence-electron chi connectivity index (χ2n) is 5.06. The van der Waals surface area contributed by atoms with Crippen molar-refractivity contribution >= 4 is 57.6 Å². The number of nitrogens with zero attached hydrogens (tertiary/aromatic N) is 1. The number of amides is 1. The van der Waals surface area contributed by atoms with Gasteiger partial charge in [-0.2, -0.15) is 0 Å². The van der Waals surface area contributed by atoms with Crippen molar-refractivity contribution < 1.29 is 4.79 Å². The van der Waals surface area contributed by atoms with Crippen LogP contribution >= 0.6 is 35.6 Å². The van der Waals surface area contributed by atoms with Gasteiger partial charge in [0.25, 0.3) is 5.91 Å². The molecule has 0 unspecified atom stereocenters. The van der Waals surface area contributed by atoms with E-state index in [-0.39, 0.29) is 5.91 Å². The quantitative estimate of drug-likeness (QED) is 0.547. The lowest BCUT2D eigenvalue weighted by atomic mass is 10.1. The Morgan fingerprint density at radius 1 is 1.17 bits per heavy atom. The summed E-state index contributed by atoms with van der Waals surface area (Å²) in [5, 5.41) is 0.616. The summed E-state index contributed by atoms with van der Waals surface area (Å²) in [7, 11) is 0. The molecule has 0 atom stereocenters. The summed E-state index contributed by atoms with van der Waals surface area (Å²) in [5.74, 6) is -0.107. The van der Waals surface area contributed by atoms with Gasteiger partial charge in [-0.05, 0) is 41.8 Å². The molecule has 0 aliphatic carbocycles. The number of carbonyl (C=O) groups excluding carboxylic acids is 1. The Morgan fingerprint density at radius 2 is 1.87 bits per heavy atom. The van der Waals surface area contributed by atoms with E-state index in [9.17, 15) is 4.79 Å². The van der Waals surface area contributed by atoms with E-state index in [2.05, 4.69) is 6.92 Å². The van der Waals surface area contributed by atoms with Gasteiger partial charge in [0.1, 0.15) is 0 Å². The van der Waals surface area contributed by atoms with Crippen LogP contribution in [-0.4, -0.2) is 10.2 Å². The number of halogens is 1. The van der Waals surface area contributed by atoms with E-state index in [1.165, 1.54) is 17.3 Å². The molecule has 0 aromatic heterocycles. The van der Waals surface area contributed by atoms with E-state index in [0.29, 0.717) is 14.2 Å². The maximum Gasteiger partial charge on any atom is 0.270 e. The first-order valence-corrected chi connectivity index (χ1v) is 8.82. The number of anilines is 1. The molecule has 2 aromatic carbocycles. The monoisotopic (exact) mass is 359 g/mol. The van der Waals surface area contributed by atoms with Crippen molar-refractivity contribution in [2.75, 3.05) is 4.90 Å². The molecule has 2 nitrogen and oxygen atoms in total. The van der Waals surface area contributed by atoms with Crippen molar-refractivity contribution in [2.45, 2.75) is 13.3 Å². The first kappa shape index (κ1) is 16.2. The van der Waals surface area contributed by atoms with E-state index in [4.69, 9.17) is 23.8 Å². The van der Waals surface area contributed by atoms with Crippen molar-refractivity contribution in [3.05, 3.63) is 69.6 Å². The average molecular weight is 360 g/mol. The van der Waals surface area contributed by atoms with Crippen molar-refractivity contribution in [1.29, 1.82) is 0 Å². The van der Waals surface area contributed by atoms with E-state index in [0.717, 1.165) is 17.7 Å². The van der Waals surface area contributed by atoms with E-state index in [1.807, 2.05) is 42.5 Å². The maximum absolute atomic E-state index is 12.7. The van der Waals surface area contributed by atoms with Gasteiger partial charge in [0, 0.05) is 5.02 Å². The molecule has 1 amide bonds. The van der Waals surface area contributed by atoms with Gasteiger partial charge in [0.2, 0.25) is 0 Å². The van der Waals surface area contributed by atoms with E-state index >= 15 is 0 Å². The van der Waals surface area contributed by atoms with E-state index in [1.54, 1.807) is 17.0 Å². The van der Waals surface area contributed by atoms with Crippen LogP contribution in [0.4, 0.5) is 5.69 Å². The highest BCUT2D eigenvalue weighted by molar-refractivity contribution is 8.27. The first-order valence-electron chi connectivity index (χ1n) is 7.21. The summed E-state index contributed by atoms with van der Waals surface area (Å²) in [5.41, 5.74) is 2.84. The van der Waals surface area contributed by atoms with E-state index < -0.39 is 0 Å². The van der Waals surface area contributed by atoms with Crippen LogP contribution in [0.2, 0.25) is 5.02 Å². The number of hydrogen-bond acceptors (Lipinski definition) is 3. The molecule has 23 heavy (non-hydrogen) atoms. The zero-order valence-electron chi connectivity index (χ0n) is 12.5. The summed E-state index contributed by atoms with van der Waals surface area (Å²) >= 11 is 12.8. The lowest BCUT2D eigenvalue weighted by Gasteiger charge is -2.14. The normalized spacial score (nSPS) is 16.4. The maximum atomic E-state index is 12.7. The van der Waals surface area contributed by atoms with Crippen LogP contribution in [0.15, 0.2) is 53.4 Å². The molecule has 0 saturated carbocycles. The third-order valence-electron chi connectivity index (χ3n) is 3.59. The van der Waals surface area contributed by atoms with Crippen LogP contribution in [0.25, 0.3) is 6.08 Å². The Labute approximate surface area is 150 Å². The molecule has 0 radical (unpaired) electrons. The molecule has 1 aliphatic heterocycles. The van der Waals surface area contributed by atoms with Gasteiger partial charge in [-0.3, -0.25) is 9.69 Å². The number of benzene rings is 2. The molecule has 1 saturated heterocycles. The number of rotatable bonds is 3. The highest BCUT2D eigenvalue weighted by atomic mass is 35.5. The third-order valence-corrected chi connectivity index (χ3v) is 5.23. The standard InChI is InChI=1S/C18H14ClNOS2/c1-2-12-7-9-14(10-8-12)20-17(21)16(23-18(20)22)11-13-5-3-4-6-15(13)19/h3-11H,2H2,1H3. The summed E-state index contributed by atoms with van der Waals surface area (Å²) in [6, 6.07) is 15.3. The molecular weight excluding hydrogens is 346 g/mol. The minimum atomic E-state index is -0.107. The summed E-state index contributed by atoms with van der Waals surface area (Å²) in [4.78, 5) is 14.9. The third kappa shape index (κ3) is 3.34. The van der Waals surface area contributed by atoms with Crippen molar-refractivity contribution in [1.82, 2.24) is 0 Å². The molecular formula is C18H14ClNOS2. The van der Waals surface area contributed by atoms with Gasteiger partial charge in [-0.1, -0.05) is 72.8 Å². The smallest absolute Gasteiger partial charge is 0.268 e. The van der Waals surface area contributed by atoms with Gasteiger partial charge in [-0.15, -0.1) is 0 Å². The second kappa shape index (κ2) is 6.87. The lowest BCUT2D eigenvalue weighted by Crippen LogP contribution is -2.27. The largest absolute Gasteiger partial charge is 0.270 e. The van der Waals surface area contributed by atoms with Gasteiger partial charge < -0.3 is 0 Å². The van der Waals surface area contributed by atoms with Crippen LogP contribution in [0.3, 0.4) is 0 Å². The topological polar surface area (TPSA) is 20.3 Å². The molecule has 3 rings (SSSR count). The molecule has 0 bridgehead atoms. The minimum absolute atomic E-state index is 0.107. The Hall–Kier alpha value is -1.62. The number of carbonyl (C=O) groups is 1. The van der Waals surface area contributed by atoms with Gasteiger partial charge in [0.05, 0.1) is 10.6 Å². The zero-order valence-corrected chi connectivity index (χ0v) is 14.8. The number of thioether (sulfide) groups is 1. The lowest BCUT2D eigenvalue weighted by molar-refractivity contribution is -0.113. The van der Waals surface area contributed by atoms with Crippen molar-refractivity contribution in [3.63, 3.8) is 0 Å². The van der Waals surface area contributed by atoms with Crippen molar-refractivity contribution in [3.8, 4) is 0 Å². The molecule has 1 fully saturated rings. The summed E-state index contributed by atoms with van der Waals surface area (Å²) < 4.78 is 0.539. The SMILES string of the molecule is CCc1ccc(N2C(=O)C(=Cc3ccccc3Cl)SC2=S)cc1. The van der Waals surface area contributed by atoms with Crippen LogP contribution in [0.1, 0.15) is 18.1 Å². The molecule has 2 aromatic rings. The van der Waals surface area contributed by atoms with Crippen LogP contribution in [-0.2, 0) is 11.2 Å². The Kier molecular flexibility index (Phi) is 4.85. The predicted octanol–water partition coefficient (Wildman–Crippen LogP) is 5.31. The molecule has 0 N–H and O–H groups in total. The van der Waals surface area contributed by atoms with Gasteiger partial charge in [-0.25, -0.2) is 0 Å². The highest BCUT2D eigenvalue weighted by Gasteiger charge is 2.33. The summed E-state index contributed by atoms with van der Waals surface area (Å²) in [6.07, 6.45) is 2.76. The fraction of sp³-hybridized carbons (Fsp3) is 0.111. The highest BCUT2D eigenvalue weighted by Crippen LogP contribution is 2.36. The average Bonchev–Trinajstić information content (AvgIpc) is 2.84. The number of hydrogen-bond donors (Lipinski definition) is 0. The van der Waals surface area contributed by atoms with Gasteiger partial charge >= 0.3 is 0 Å². The van der Waals surface area contributed by atoms with Crippen LogP contribution < -0.4 is 4.90 Å². The summed E-state index contributed by atoms with van der Waals surface area (Å²) in [6.45, 7) is 2.10. The predicted molar refractivity (Wildman–Crippen MR) is 103 cm³/mol. The fourth-order valence-electron chi connectivity index (χ4n) is 2.30. The molecule has 5 heteroatoms. The Balaban J connectivity index is 1.92. The minimum Gasteiger partial charge on any atom is -0.268 e. The van der Waals surface area contributed by atoms with Crippen molar-refractivity contribution in [2.24, 2.45) is 0 Å².